The van der Waals surface area contributed by atoms with Crippen LogP contribution in [0.2, 0.25) is 0 Å². The van der Waals surface area contributed by atoms with Crippen molar-refractivity contribution in [2.45, 2.75) is 56.8 Å². The lowest BCUT2D eigenvalue weighted by molar-refractivity contribution is -0.137. The summed E-state index contributed by atoms with van der Waals surface area (Å²) >= 11 is 0. The van der Waals surface area contributed by atoms with Crippen molar-refractivity contribution in [3.05, 3.63) is 30.3 Å². The third kappa shape index (κ3) is 4.80. The van der Waals surface area contributed by atoms with Crippen molar-refractivity contribution in [3.8, 4) is 0 Å². The van der Waals surface area contributed by atoms with Crippen LogP contribution in [0.15, 0.2) is 35.2 Å². The van der Waals surface area contributed by atoms with Gasteiger partial charge in [0.25, 0.3) is 0 Å². The number of anilines is 1. The van der Waals surface area contributed by atoms with E-state index < -0.39 is 10.0 Å². The number of carbonyl (C=O) groups is 1. The van der Waals surface area contributed by atoms with Crippen molar-refractivity contribution in [2.24, 2.45) is 11.8 Å². The molecule has 5 rings (SSSR count). The van der Waals surface area contributed by atoms with Crippen LogP contribution in [-0.4, -0.2) is 67.8 Å². The molecule has 1 aromatic heterocycles. The predicted octanol–water partition coefficient (Wildman–Crippen LogP) is 3.88. The van der Waals surface area contributed by atoms with Gasteiger partial charge >= 0.3 is 0 Å². The van der Waals surface area contributed by atoms with Gasteiger partial charge in [0.1, 0.15) is 5.82 Å². The van der Waals surface area contributed by atoms with Crippen LogP contribution < -0.4 is 4.90 Å². The number of piperidine rings is 3. The van der Waals surface area contributed by atoms with Gasteiger partial charge in [-0.1, -0.05) is 13.3 Å². The lowest BCUT2D eigenvalue weighted by Crippen LogP contribution is -2.47. The Morgan fingerprint density at radius 2 is 1.68 bits per heavy atom. The molecule has 3 fully saturated rings. The smallest absolute Gasteiger partial charge is 0.243 e. The van der Waals surface area contributed by atoms with Gasteiger partial charge in [0, 0.05) is 44.7 Å². The zero-order chi connectivity index (χ0) is 23.7. The summed E-state index contributed by atoms with van der Waals surface area (Å²) in [5, 5.41) is 0.828. The van der Waals surface area contributed by atoms with E-state index in [1.165, 1.54) is 0 Å². The minimum atomic E-state index is -3.46. The number of hydrogen-bond acceptors (Lipinski definition) is 5. The zero-order valence-corrected chi connectivity index (χ0v) is 21.0. The number of hydrogen-bond donors (Lipinski definition) is 0. The fourth-order valence-electron chi connectivity index (χ4n) is 5.56. The van der Waals surface area contributed by atoms with Crippen LogP contribution >= 0.6 is 0 Å². The maximum Gasteiger partial charge on any atom is 0.243 e. The number of sulfonamides is 1. The van der Waals surface area contributed by atoms with Crippen LogP contribution in [0.5, 0.6) is 0 Å². The Hall–Kier alpha value is -2.19. The fraction of sp³-hybridized carbons (Fsp3) is 0.615. The highest BCUT2D eigenvalue weighted by molar-refractivity contribution is 7.89. The summed E-state index contributed by atoms with van der Waals surface area (Å²) in [6, 6.07) is 9.18. The van der Waals surface area contributed by atoms with Gasteiger partial charge < -0.3 is 9.80 Å². The number of rotatable bonds is 4. The first kappa shape index (κ1) is 23.5. The topological polar surface area (TPSA) is 73.8 Å². The first-order valence-corrected chi connectivity index (χ1v) is 14.3. The average molecular weight is 485 g/mol. The molecule has 0 radical (unpaired) electrons. The first-order valence-electron chi connectivity index (χ1n) is 12.9. The lowest BCUT2D eigenvalue weighted by atomic mass is 9.93. The van der Waals surface area contributed by atoms with E-state index in [9.17, 15) is 13.2 Å². The average Bonchev–Trinajstić information content (AvgIpc) is 2.88. The highest BCUT2D eigenvalue weighted by Crippen LogP contribution is 2.28. The Morgan fingerprint density at radius 1 is 0.912 bits per heavy atom. The van der Waals surface area contributed by atoms with Crippen LogP contribution in [0.1, 0.15) is 51.9 Å². The van der Waals surface area contributed by atoms with Crippen LogP contribution in [0.25, 0.3) is 10.9 Å². The second-order valence-corrected chi connectivity index (χ2v) is 12.2. The molecule has 34 heavy (non-hydrogen) atoms. The van der Waals surface area contributed by atoms with Crippen molar-refractivity contribution < 1.29 is 13.2 Å². The Labute approximate surface area is 203 Å². The van der Waals surface area contributed by atoms with Gasteiger partial charge in [0.2, 0.25) is 15.9 Å². The zero-order valence-electron chi connectivity index (χ0n) is 20.2. The molecule has 7 nitrogen and oxygen atoms in total. The highest BCUT2D eigenvalue weighted by atomic mass is 32.2. The number of benzene rings is 1. The van der Waals surface area contributed by atoms with E-state index in [0.717, 1.165) is 81.3 Å². The largest absolute Gasteiger partial charge is 0.356 e. The van der Waals surface area contributed by atoms with Crippen LogP contribution in [0, 0.1) is 11.8 Å². The molecule has 184 valence electrons. The van der Waals surface area contributed by atoms with E-state index in [2.05, 4.69) is 16.7 Å². The van der Waals surface area contributed by atoms with Crippen LogP contribution in [-0.2, 0) is 14.8 Å². The summed E-state index contributed by atoms with van der Waals surface area (Å²) in [6.45, 7) is 6.82. The summed E-state index contributed by atoms with van der Waals surface area (Å²) in [4.78, 5) is 22.6. The van der Waals surface area contributed by atoms with Gasteiger partial charge in [-0.3, -0.25) is 4.79 Å². The molecule has 3 aliphatic heterocycles. The Morgan fingerprint density at radius 3 is 2.44 bits per heavy atom. The minimum Gasteiger partial charge on any atom is -0.356 e. The highest BCUT2D eigenvalue weighted by Gasteiger charge is 2.31. The monoisotopic (exact) mass is 484 g/mol. The van der Waals surface area contributed by atoms with Gasteiger partial charge in [0.15, 0.2) is 0 Å². The molecule has 0 spiro atoms. The molecule has 1 unspecified atom stereocenters. The number of pyridine rings is 1. The molecule has 0 aliphatic carbocycles. The Balaban J connectivity index is 1.31. The van der Waals surface area contributed by atoms with Gasteiger partial charge in [-0.2, -0.15) is 4.31 Å². The predicted molar refractivity (Wildman–Crippen MR) is 134 cm³/mol. The van der Waals surface area contributed by atoms with E-state index in [1.807, 2.05) is 18.2 Å². The molecular weight excluding hydrogens is 448 g/mol. The molecule has 3 saturated heterocycles. The van der Waals surface area contributed by atoms with Crippen LogP contribution in [0.4, 0.5) is 5.82 Å². The number of amides is 1. The van der Waals surface area contributed by atoms with Crippen molar-refractivity contribution in [1.29, 1.82) is 0 Å². The van der Waals surface area contributed by atoms with E-state index >= 15 is 0 Å². The summed E-state index contributed by atoms with van der Waals surface area (Å²) in [5.74, 6) is 1.90. The molecule has 1 amide bonds. The summed E-state index contributed by atoms with van der Waals surface area (Å²) in [7, 11) is -3.46. The molecular formula is C26H36N4O3S. The maximum atomic E-state index is 13.1. The minimum absolute atomic E-state index is 0.0247. The Kier molecular flexibility index (Phi) is 6.80. The summed E-state index contributed by atoms with van der Waals surface area (Å²) < 4.78 is 27.7. The molecule has 0 bridgehead atoms. The van der Waals surface area contributed by atoms with Crippen molar-refractivity contribution >= 4 is 32.7 Å². The number of nitrogens with zero attached hydrogens (tertiary/aromatic N) is 4. The third-order valence-corrected chi connectivity index (χ3v) is 9.68. The van der Waals surface area contributed by atoms with Crippen LogP contribution in [0.3, 0.4) is 0 Å². The number of carbonyl (C=O) groups excluding carboxylic acids is 1. The maximum absolute atomic E-state index is 13.1. The second-order valence-electron chi connectivity index (χ2n) is 10.3. The second kappa shape index (κ2) is 9.82. The van der Waals surface area contributed by atoms with Gasteiger partial charge in [-0.05, 0) is 74.8 Å². The summed E-state index contributed by atoms with van der Waals surface area (Å²) in [6.07, 6.45) is 7.06. The van der Waals surface area contributed by atoms with Crippen molar-refractivity contribution in [1.82, 2.24) is 14.2 Å². The molecule has 0 saturated carbocycles. The van der Waals surface area contributed by atoms with Gasteiger partial charge in [-0.25, -0.2) is 13.4 Å². The molecule has 1 aromatic carbocycles. The molecule has 0 N–H and O–H groups in total. The third-order valence-electron chi connectivity index (χ3n) is 7.79. The van der Waals surface area contributed by atoms with Gasteiger partial charge in [0.05, 0.1) is 16.3 Å². The lowest BCUT2D eigenvalue weighted by Gasteiger charge is -2.37. The molecule has 4 heterocycles. The number of likely N-dealkylation sites (tertiary alicyclic amines) is 1. The standard InChI is InChI=1S/C26H36N4O3S/c1-20-11-16-28(17-12-20)26(31)22-6-5-13-29(19-22)25-10-7-21-18-23(8-9-24(21)27-25)34(32,33)30-14-3-2-4-15-30/h7-10,18,20,22H,2-6,11-17,19H2,1H3. The number of aromatic nitrogens is 1. The SMILES string of the molecule is CC1CCN(C(=O)C2CCCN(c3ccc4cc(S(=O)(=O)N5CCCCC5)ccc4n3)C2)CC1. The Bertz CT molecular complexity index is 1140. The number of fused-ring (bicyclic) bond motifs is 1. The van der Waals surface area contributed by atoms with E-state index in [4.69, 9.17) is 4.98 Å². The molecule has 3 aliphatic rings. The van der Waals surface area contributed by atoms with E-state index in [1.54, 1.807) is 16.4 Å². The van der Waals surface area contributed by atoms with Crippen molar-refractivity contribution in [3.63, 3.8) is 0 Å². The summed E-state index contributed by atoms with van der Waals surface area (Å²) in [5.41, 5.74) is 0.786. The van der Waals surface area contributed by atoms with E-state index in [-0.39, 0.29) is 5.92 Å². The van der Waals surface area contributed by atoms with Crippen molar-refractivity contribution in [2.75, 3.05) is 44.2 Å². The van der Waals surface area contributed by atoms with E-state index in [0.29, 0.717) is 36.4 Å². The fourth-order valence-corrected chi connectivity index (χ4v) is 7.11. The normalized spacial score (nSPS) is 23.4. The quantitative estimate of drug-likeness (QED) is 0.658. The molecule has 1 atom stereocenters. The first-order chi connectivity index (χ1) is 16.4. The molecule has 2 aromatic rings. The molecule has 8 heteroatoms. The van der Waals surface area contributed by atoms with Gasteiger partial charge in [-0.15, -0.1) is 0 Å².